The number of Topliss-reactive ketones (excluding diaryl/α,β-unsaturated/α-hetero) is 1. The van der Waals surface area contributed by atoms with Crippen molar-refractivity contribution in [3.8, 4) is 0 Å². The average molecular weight is 422 g/mol. The van der Waals surface area contributed by atoms with Crippen LogP contribution in [0.1, 0.15) is 66.2 Å². The number of nitrogens with two attached hydrogens (primary N) is 1. The molecule has 0 bridgehead atoms. The number of amides is 2. The van der Waals surface area contributed by atoms with Gasteiger partial charge in [0.15, 0.2) is 5.78 Å². The van der Waals surface area contributed by atoms with Crippen molar-refractivity contribution < 1.29 is 23.9 Å². The fourth-order valence-electron chi connectivity index (χ4n) is 2.13. The molecule has 0 aliphatic heterocycles. The van der Waals surface area contributed by atoms with E-state index in [1.165, 1.54) is 6.92 Å². The van der Waals surface area contributed by atoms with Crippen LogP contribution in [0.2, 0.25) is 0 Å². The third kappa shape index (κ3) is 13.5. The van der Waals surface area contributed by atoms with Crippen molar-refractivity contribution in [2.24, 2.45) is 11.7 Å². The van der Waals surface area contributed by atoms with Crippen LogP contribution in [0.3, 0.4) is 0 Å². The summed E-state index contributed by atoms with van der Waals surface area (Å²) in [6.45, 7) is 7.42. The number of carbonyl (C=O) groups is 4. The first kappa shape index (κ1) is 28.5. The summed E-state index contributed by atoms with van der Waals surface area (Å²) in [6.07, 6.45) is 4.07. The van der Waals surface area contributed by atoms with Gasteiger partial charge in [0.1, 0.15) is 6.04 Å². The van der Waals surface area contributed by atoms with Gasteiger partial charge in [-0.25, -0.2) is 0 Å². The zero-order valence-corrected chi connectivity index (χ0v) is 18.2. The molecule has 9 heteroatoms. The number of ether oxygens (including phenoxy) is 1. The molecule has 0 fully saturated rings. The lowest BCUT2D eigenvalue weighted by molar-refractivity contribution is -0.144. The summed E-state index contributed by atoms with van der Waals surface area (Å²) in [6, 6.07) is -1.50. The first-order valence-electron chi connectivity index (χ1n) is 9.70. The van der Waals surface area contributed by atoms with Gasteiger partial charge in [-0.1, -0.05) is 40.0 Å². The maximum absolute atomic E-state index is 11.9. The van der Waals surface area contributed by atoms with Crippen LogP contribution in [0.4, 0.5) is 0 Å². The monoisotopic (exact) mass is 421 g/mol. The highest BCUT2D eigenvalue weighted by Gasteiger charge is 2.22. The molecular weight excluding hydrogens is 386 g/mol. The van der Waals surface area contributed by atoms with Gasteiger partial charge in [0.25, 0.3) is 0 Å². The van der Waals surface area contributed by atoms with Gasteiger partial charge in [-0.3, -0.25) is 19.2 Å². The van der Waals surface area contributed by atoms with E-state index >= 15 is 0 Å². The van der Waals surface area contributed by atoms with Gasteiger partial charge in [-0.15, -0.1) is 12.4 Å². The molecule has 0 aromatic heterocycles. The topological polar surface area (TPSA) is 128 Å². The van der Waals surface area contributed by atoms with Crippen molar-refractivity contribution in [3.05, 3.63) is 0 Å². The second-order valence-electron chi connectivity index (χ2n) is 7.04. The van der Waals surface area contributed by atoms with Crippen LogP contribution in [0.25, 0.3) is 0 Å². The van der Waals surface area contributed by atoms with Crippen LogP contribution in [-0.4, -0.2) is 48.8 Å². The van der Waals surface area contributed by atoms with Crippen LogP contribution in [0, 0.1) is 5.92 Å². The number of esters is 1. The number of carbonyl (C=O) groups excluding carboxylic acids is 4. The zero-order valence-electron chi connectivity index (χ0n) is 17.4. The third-order valence-corrected chi connectivity index (χ3v) is 4.10. The summed E-state index contributed by atoms with van der Waals surface area (Å²) >= 11 is 0. The Morgan fingerprint density at radius 3 is 2.18 bits per heavy atom. The second-order valence-corrected chi connectivity index (χ2v) is 7.04. The fraction of sp³-hybridized carbons (Fsp3) is 0.789. The molecule has 4 N–H and O–H groups in total. The number of unbranched alkanes of at least 4 members (excludes halogenated alkanes) is 3. The van der Waals surface area contributed by atoms with Crippen LogP contribution in [-0.2, 0) is 23.9 Å². The molecule has 0 aliphatic rings. The summed E-state index contributed by atoms with van der Waals surface area (Å²) in [5, 5.41) is 4.96. The molecule has 0 spiro atoms. The van der Waals surface area contributed by atoms with Crippen LogP contribution >= 0.6 is 12.4 Å². The highest BCUT2D eigenvalue weighted by molar-refractivity contribution is 5.92. The Morgan fingerprint density at radius 1 is 0.964 bits per heavy atom. The molecule has 0 aromatic carbocycles. The molecule has 2 atom stereocenters. The molecule has 0 aromatic rings. The molecule has 0 saturated heterocycles. The third-order valence-electron chi connectivity index (χ3n) is 4.10. The largest absolute Gasteiger partial charge is 0.466 e. The second kappa shape index (κ2) is 16.3. The highest BCUT2D eigenvalue weighted by atomic mass is 35.5. The van der Waals surface area contributed by atoms with Crippen LogP contribution in [0.15, 0.2) is 0 Å². The van der Waals surface area contributed by atoms with Crippen molar-refractivity contribution in [1.29, 1.82) is 0 Å². The number of hydrogen-bond donors (Lipinski definition) is 3. The van der Waals surface area contributed by atoms with E-state index in [0.717, 1.165) is 25.7 Å². The maximum Gasteiger partial charge on any atom is 0.306 e. The van der Waals surface area contributed by atoms with Gasteiger partial charge in [-0.05, 0) is 19.3 Å². The summed E-state index contributed by atoms with van der Waals surface area (Å²) in [5.74, 6) is -1.63. The Morgan fingerprint density at radius 2 is 1.61 bits per heavy atom. The lowest BCUT2D eigenvalue weighted by Crippen LogP contribution is -2.52. The maximum atomic E-state index is 11.9. The summed E-state index contributed by atoms with van der Waals surface area (Å²) in [7, 11) is 0. The Kier molecular flexibility index (Phi) is 16.6. The fourth-order valence-corrected chi connectivity index (χ4v) is 2.13. The number of rotatable bonds is 14. The number of nitrogens with one attached hydrogen (secondary N) is 2. The van der Waals surface area contributed by atoms with Crippen molar-refractivity contribution in [3.63, 3.8) is 0 Å². The zero-order chi connectivity index (χ0) is 20.8. The minimum atomic E-state index is -0.803. The first-order valence-corrected chi connectivity index (χ1v) is 9.70. The molecular formula is C19H36ClN3O5. The van der Waals surface area contributed by atoms with E-state index in [1.54, 1.807) is 0 Å². The molecule has 0 rings (SSSR count). The van der Waals surface area contributed by atoms with Crippen molar-refractivity contribution in [2.45, 2.75) is 78.3 Å². The Labute approximate surface area is 174 Å². The molecule has 2 amide bonds. The van der Waals surface area contributed by atoms with Gasteiger partial charge in [-0.2, -0.15) is 0 Å². The van der Waals surface area contributed by atoms with Gasteiger partial charge < -0.3 is 21.1 Å². The Hall–Kier alpha value is -1.67. The molecule has 0 heterocycles. The SMILES string of the molecule is CCCCCCOC(=O)CCC(=O)CNC(=O)[C@H](C)NC(=O)[C@@H](N)C(C)C.Cl. The molecule has 28 heavy (non-hydrogen) atoms. The summed E-state index contributed by atoms with van der Waals surface area (Å²) in [5.41, 5.74) is 5.72. The van der Waals surface area contributed by atoms with E-state index in [4.69, 9.17) is 10.5 Å². The quantitative estimate of drug-likeness (QED) is 0.288. The van der Waals surface area contributed by atoms with E-state index in [2.05, 4.69) is 17.6 Å². The predicted molar refractivity (Wildman–Crippen MR) is 110 cm³/mol. The first-order chi connectivity index (χ1) is 12.7. The summed E-state index contributed by atoms with van der Waals surface area (Å²) < 4.78 is 5.05. The minimum Gasteiger partial charge on any atom is -0.466 e. The molecule has 8 nitrogen and oxygen atoms in total. The van der Waals surface area contributed by atoms with Crippen molar-refractivity contribution >= 4 is 36.0 Å². The smallest absolute Gasteiger partial charge is 0.306 e. The van der Waals surface area contributed by atoms with Crippen molar-refractivity contribution in [2.75, 3.05) is 13.2 Å². The van der Waals surface area contributed by atoms with Gasteiger partial charge >= 0.3 is 5.97 Å². The summed E-state index contributed by atoms with van der Waals surface area (Å²) in [4.78, 5) is 47.1. The predicted octanol–water partition coefficient (Wildman–Crippen LogP) is 1.49. The lowest BCUT2D eigenvalue weighted by Gasteiger charge is -2.19. The standard InChI is InChI=1S/C19H35N3O5.ClH/c1-5-6-7-8-11-27-16(24)10-9-15(23)12-21-18(25)14(4)22-19(26)17(20)13(2)3;/h13-14,17H,5-12,20H2,1-4H3,(H,21,25)(H,22,26);1H/t14-,17-;/m0./s1. The molecule has 0 unspecified atom stereocenters. The van der Waals surface area contributed by atoms with Gasteiger partial charge in [0, 0.05) is 6.42 Å². The van der Waals surface area contributed by atoms with Gasteiger partial charge in [0.2, 0.25) is 11.8 Å². The van der Waals surface area contributed by atoms with Crippen LogP contribution in [0.5, 0.6) is 0 Å². The number of hydrogen-bond acceptors (Lipinski definition) is 6. The van der Waals surface area contributed by atoms with E-state index in [9.17, 15) is 19.2 Å². The lowest BCUT2D eigenvalue weighted by atomic mass is 10.0. The van der Waals surface area contributed by atoms with Crippen molar-refractivity contribution in [1.82, 2.24) is 10.6 Å². The molecule has 0 saturated carbocycles. The van der Waals surface area contributed by atoms with E-state index < -0.39 is 29.9 Å². The normalized spacial score (nSPS) is 12.5. The highest BCUT2D eigenvalue weighted by Crippen LogP contribution is 2.01. The molecule has 164 valence electrons. The minimum absolute atomic E-state index is 0. The van der Waals surface area contributed by atoms with E-state index in [-0.39, 0.29) is 43.5 Å². The van der Waals surface area contributed by atoms with E-state index in [0.29, 0.717) is 6.61 Å². The van der Waals surface area contributed by atoms with Crippen LogP contribution < -0.4 is 16.4 Å². The molecule has 0 aliphatic carbocycles. The number of halogens is 1. The Bertz CT molecular complexity index is 500. The molecule has 0 radical (unpaired) electrons. The average Bonchev–Trinajstić information content (AvgIpc) is 2.63. The number of ketones is 1. The Balaban J connectivity index is 0. The van der Waals surface area contributed by atoms with E-state index in [1.807, 2.05) is 13.8 Å². The van der Waals surface area contributed by atoms with Gasteiger partial charge in [0.05, 0.1) is 25.6 Å².